The van der Waals surface area contributed by atoms with E-state index in [-0.39, 0.29) is 139 Å². The van der Waals surface area contributed by atoms with Crippen molar-refractivity contribution in [2.24, 2.45) is 17.1 Å². The number of carbonyl (C=O) groups is 5. The summed E-state index contributed by atoms with van der Waals surface area (Å²) in [5.74, 6) is 3.86. The first-order chi connectivity index (χ1) is 60.2. The topological polar surface area (TPSA) is 510 Å². The number of ether oxygens (including phenoxy) is 4. The molecule has 0 fully saturated rings. The van der Waals surface area contributed by atoms with E-state index in [1.807, 2.05) is 56.2 Å². The Bertz CT molecular complexity index is 4580. The number of fused-ring (bicyclic) bond motifs is 3. The van der Waals surface area contributed by atoms with Crippen molar-refractivity contribution in [3.05, 3.63) is 164 Å². The number of nitrogens with two attached hydrogens (primary N) is 3. The minimum absolute atomic E-state index is 0. The average molecular weight is 2070 g/mol. The van der Waals surface area contributed by atoms with Crippen LogP contribution in [0.15, 0.2) is 69.1 Å². The van der Waals surface area contributed by atoms with Crippen LogP contribution in [0.4, 0.5) is 11.6 Å². The van der Waals surface area contributed by atoms with E-state index in [9.17, 15) is 19.2 Å². The number of aromatic nitrogens is 19. The monoisotopic (exact) mass is 2060 g/mol. The molecule has 130 heavy (non-hydrogen) atoms. The number of halogens is 13. The predicted octanol–water partition coefficient (Wildman–Crippen LogP) is 2.22. The van der Waals surface area contributed by atoms with Crippen molar-refractivity contribution >= 4 is 286 Å². The number of rotatable bonds is 25. The Kier molecular flexibility index (Phi) is 88.2. The number of aliphatic carboxylic acids is 1. The number of anilines is 2. The molecule has 11 rings (SSSR count). The Hall–Kier alpha value is -5.01. The maximum absolute atomic E-state index is 10.2. The standard InChI is InChI=1S/C11H17BClN3O2.C10H14Cl2N2O2.C7H8BCl2N3.C7H7BClN3.C7H5BClN3.C6H4BClN4.C6H4Cl2N2O.C5H2Cl2N2O.C4H6O4.C2H4O2.CH6BN2.2CH5BN.B.ClH.2Na.H/c1-3-17-9(18-4-2)5-8-10(13)15-7-16-11(8)14-6-12;1-3-15-8(16-4-2)5-7-9(11)13-6-14-10(7)12;8-3-11-2-1-5-6(9)12-4-13-7(5)10;2*8-3-12-2-1-5-6(9)10-4-11-7(5)12;7-2-12-6-4(1-11-12)5(8)9-3-10-6;7-5-4(1-2-11)6(8)10-3-9-5;6-4-3(1-10)5(7)9-2-8-4;1-3(5)7-8-4(2)6;1-2(3)4;1-2-4-3;2*1-2-3;;;;;/h7,9H,3-6H2,1-2H3,(H,14,15,16);6,8H,3-5H2,1-2H3;4,11H,1-3H2;4H,1-3H2;1-2,4H,3H2;1,3H,2H2;2-3H,1H2;1-2H;1-2H3;1H3,(H,3,4);4H,3H2,1H3;2*3H2,1H3;;1H;;;/q;;;;;;;;;;;;;;;2*+1;-1/p-1. The summed E-state index contributed by atoms with van der Waals surface area (Å²) in [5.41, 5.74) is 14.7. The molecule has 0 amide bonds. The van der Waals surface area contributed by atoms with Gasteiger partial charge in [-0.25, -0.2) is 99.1 Å². The molecule has 0 saturated carbocycles. The molecule has 62 heteroatoms. The average Bonchev–Trinajstić information content (AvgIpc) is 1.68. The van der Waals surface area contributed by atoms with E-state index in [2.05, 4.69) is 111 Å². The summed E-state index contributed by atoms with van der Waals surface area (Å²) in [7, 11) is 31.8. The molecule has 38 nitrogen and oxygen atoms in total. The number of nitrogens with one attached hydrogen (secondary N) is 3. The van der Waals surface area contributed by atoms with E-state index in [1.54, 1.807) is 31.9 Å². The van der Waals surface area contributed by atoms with Gasteiger partial charge in [-0.15, -0.1) is 12.4 Å². The zero-order valence-electron chi connectivity index (χ0n) is 73.7. The molecular formula is C68H88B9Cl13N26Na2O12. The molecule has 0 atom stereocenters. The molecule has 0 bridgehead atoms. The van der Waals surface area contributed by atoms with Crippen LogP contribution in [0, 0.1) is 0 Å². The number of hydrogen-bond acceptors (Lipinski definition) is 36. The third kappa shape index (κ3) is 57.1. The van der Waals surface area contributed by atoms with Crippen molar-refractivity contribution in [1.82, 2.24) is 105 Å². The molecule has 0 saturated heterocycles. The largest absolute Gasteiger partial charge is 1.00 e. The molecule has 0 aliphatic carbocycles. The Morgan fingerprint density at radius 1 is 0.538 bits per heavy atom. The fourth-order valence-corrected chi connectivity index (χ4v) is 11.0. The minimum Gasteiger partial charge on any atom is -1.00 e. The molecule has 0 unspecified atom stereocenters. The second-order valence-electron chi connectivity index (χ2n) is 22.1. The number of nitrogens with zero attached hydrogens (tertiary/aromatic N) is 20. The molecular weight excluding hydrogens is 1980 g/mol. The predicted molar refractivity (Wildman–Crippen MR) is 510 cm³/mol. The van der Waals surface area contributed by atoms with Gasteiger partial charge in [0, 0.05) is 121 Å². The van der Waals surface area contributed by atoms with Crippen LogP contribution in [-0.4, -0.2) is 266 Å². The molecule has 10 aromatic heterocycles. The molecule has 682 valence electrons. The first-order valence-electron chi connectivity index (χ1n) is 36.4. The molecule has 9 N–H and O–H groups in total. The first kappa shape index (κ1) is 136. The molecule has 1 aliphatic heterocycles. The number of aldehydes is 2. The molecule has 16 radical (unpaired) electrons. The van der Waals surface area contributed by atoms with Gasteiger partial charge in [-0.3, -0.25) is 15.3 Å². The van der Waals surface area contributed by atoms with Gasteiger partial charge in [0.15, 0.2) is 39.3 Å². The quantitative estimate of drug-likeness (QED) is 0.00698. The summed E-state index contributed by atoms with van der Waals surface area (Å²) >= 11 is 69.2. The van der Waals surface area contributed by atoms with E-state index >= 15 is 0 Å². The van der Waals surface area contributed by atoms with Gasteiger partial charge < -0.3 is 71.8 Å². The SMILES string of the molecule is CC(=O)OOC(C)=O.CC(=O)[O-].CCOC(Cc1c(Cl)ncnc1Cl)OCC.C[B]N.C[B]N.C[B]NN.Cl.O=CCc1c(Cl)ncnc1Cl.O=Cc1c(Cl)ncnc1Cl.[B].[B]CN1CCc2c(Cl)ncnc21.[B]CNCCc1c(Cl)ncnc1Cl.[B]CNc1ncnc(Cl)c1CC(OCC)OCC.[B]Cn1ccc2c(Cl)ncnc21.[B]Cn1ncc2c(Cl)ncnc21.[H-].[Na+].[Na+]. The van der Waals surface area contributed by atoms with Crippen LogP contribution in [-0.2, 0) is 92.9 Å². The third-order valence-electron chi connectivity index (χ3n) is 13.4. The fourth-order valence-electron chi connectivity index (χ4n) is 8.37. The molecule has 10 aromatic rings. The Morgan fingerprint density at radius 3 is 1.30 bits per heavy atom. The zero-order chi connectivity index (χ0) is 95.5. The van der Waals surface area contributed by atoms with Crippen LogP contribution in [0.5, 0.6) is 0 Å². The van der Waals surface area contributed by atoms with Gasteiger partial charge in [0.05, 0.1) is 61.8 Å². The van der Waals surface area contributed by atoms with Gasteiger partial charge in [0.1, 0.15) is 136 Å². The van der Waals surface area contributed by atoms with Crippen LogP contribution in [0.25, 0.3) is 22.1 Å². The number of carboxylic acids is 1. The Morgan fingerprint density at radius 2 is 0.915 bits per heavy atom. The maximum Gasteiger partial charge on any atom is 1.00 e. The van der Waals surface area contributed by atoms with E-state index in [0.29, 0.717) is 148 Å². The molecule has 0 aromatic carbocycles. The van der Waals surface area contributed by atoms with Crippen molar-refractivity contribution < 1.29 is 118 Å². The number of carboxylic acid groups (broad SMARTS) is 1. The Balaban J connectivity index is -0.000000259. The summed E-state index contributed by atoms with van der Waals surface area (Å²) in [5, 5.41) is 26.5. The van der Waals surface area contributed by atoms with Crippen molar-refractivity contribution in [3.63, 3.8) is 0 Å². The maximum atomic E-state index is 10.2. The third-order valence-corrected chi connectivity index (χ3v) is 17.3. The van der Waals surface area contributed by atoms with Gasteiger partial charge in [-0.1, -0.05) is 160 Å². The second kappa shape index (κ2) is 84.5. The van der Waals surface area contributed by atoms with Gasteiger partial charge in [0.25, 0.3) is 0 Å². The normalized spacial score (nSPS) is 9.88. The van der Waals surface area contributed by atoms with E-state index < -0.39 is 17.9 Å². The van der Waals surface area contributed by atoms with Crippen LogP contribution < -0.4 is 102 Å². The van der Waals surface area contributed by atoms with Crippen molar-refractivity contribution in [3.8, 4) is 0 Å². The molecule has 0 spiro atoms. The fraction of sp³-hybridized carbons (Fsp3) is 0.412. The van der Waals surface area contributed by atoms with Gasteiger partial charge >= 0.3 is 71.1 Å². The van der Waals surface area contributed by atoms with Crippen molar-refractivity contribution in [2.75, 3.05) is 69.1 Å². The smallest absolute Gasteiger partial charge is 1.00 e. The molecule has 1 aliphatic rings. The summed E-state index contributed by atoms with van der Waals surface area (Å²) < 4.78 is 25.1. The van der Waals surface area contributed by atoms with Crippen molar-refractivity contribution in [1.29, 1.82) is 0 Å². The summed E-state index contributed by atoms with van der Waals surface area (Å²) in [6.45, 7) is 20.1. The summed E-state index contributed by atoms with van der Waals surface area (Å²) in [6.07, 6.45) is 19.2. The van der Waals surface area contributed by atoms with Crippen LogP contribution >= 0.6 is 152 Å². The van der Waals surface area contributed by atoms with Crippen molar-refractivity contribution in [2.45, 2.75) is 127 Å². The summed E-state index contributed by atoms with van der Waals surface area (Å²) in [4.78, 5) is 120. The van der Waals surface area contributed by atoms with Gasteiger partial charge in [-0.2, -0.15) is 5.10 Å². The minimum atomic E-state index is -1.08. The van der Waals surface area contributed by atoms with Crippen LogP contribution in [0.3, 0.4) is 0 Å². The Labute approximate surface area is 877 Å². The zero-order valence-corrected chi connectivity index (χ0v) is 86.6. The second-order valence-corrected chi connectivity index (χ2v) is 26.4. The number of hydrogen-bond donors (Lipinski definition) is 6. The van der Waals surface area contributed by atoms with Gasteiger partial charge in [-0.05, 0) is 85.8 Å². The summed E-state index contributed by atoms with van der Waals surface area (Å²) in [6, 6.07) is 1.85. The van der Waals surface area contributed by atoms with Gasteiger partial charge in [0.2, 0.25) is 7.41 Å². The van der Waals surface area contributed by atoms with Crippen LogP contribution in [0.1, 0.15) is 88.1 Å². The molecule has 11 heterocycles. The number of hydrazine groups is 1. The number of carbonyl (C=O) groups excluding carboxylic acids is 5. The van der Waals surface area contributed by atoms with E-state index in [1.165, 1.54) is 65.4 Å². The van der Waals surface area contributed by atoms with Crippen LogP contribution in [0.2, 0.25) is 82.3 Å². The first-order valence-corrected chi connectivity index (χ1v) is 41.0. The van der Waals surface area contributed by atoms with E-state index in [0.717, 1.165) is 72.7 Å². The van der Waals surface area contributed by atoms with E-state index in [4.69, 9.17) is 224 Å².